The highest BCUT2D eigenvalue weighted by molar-refractivity contribution is 5.79. The minimum Gasteiger partial charge on any atom is -0.356 e. The third-order valence-corrected chi connectivity index (χ3v) is 4.10. The summed E-state index contributed by atoms with van der Waals surface area (Å²) in [4.78, 5) is 8.09. The molecular weight excluding hydrogens is 348 g/mol. The topological polar surface area (TPSA) is 54.2 Å². The maximum atomic E-state index is 14.3. The molecule has 2 aromatic carbocycles. The van der Waals surface area contributed by atoms with Crippen LogP contribution in [0, 0.1) is 11.6 Å². The van der Waals surface area contributed by atoms with Gasteiger partial charge in [-0.15, -0.1) is 0 Å². The summed E-state index contributed by atoms with van der Waals surface area (Å²) in [6.07, 6.45) is 5.61. The molecule has 0 aliphatic carbocycles. The Morgan fingerprint density at radius 3 is 2.52 bits per heavy atom. The summed E-state index contributed by atoms with van der Waals surface area (Å²) in [5.74, 6) is 0.0678. The summed E-state index contributed by atoms with van der Waals surface area (Å²) < 4.78 is 28.8. The highest BCUT2D eigenvalue weighted by Crippen LogP contribution is 2.14. The average molecular weight is 369 g/mol. The van der Waals surface area contributed by atoms with Crippen LogP contribution in [0.15, 0.2) is 66.2 Å². The molecule has 2 N–H and O–H groups in total. The molecule has 0 aliphatic heterocycles. The zero-order chi connectivity index (χ0) is 19.1. The summed E-state index contributed by atoms with van der Waals surface area (Å²) >= 11 is 0. The molecule has 0 saturated carbocycles. The van der Waals surface area contributed by atoms with Gasteiger partial charge in [-0.05, 0) is 41.8 Å². The number of aromatic nitrogens is 2. The van der Waals surface area contributed by atoms with Crippen molar-refractivity contribution in [2.24, 2.45) is 4.99 Å². The number of nitrogens with zero attached hydrogens (tertiary/aromatic N) is 3. The van der Waals surface area contributed by atoms with Crippen LogP contribution in [0.2, 0.25) is 0 Å². The fourth-order valence-electron chi connectivity index (χ4n) is 2.65. The number of imidazole rings is 1. The second-order valence-electron chi connectivity index (χ2n) is 5.98. The van der Waals surface area contributed by atoms with Crippen LogP contribution in [-0.2, 0) is 13.0 Å². The molecule has 0 radical (unpaired) electrons. The Labute approximate surface area is 156 Å². The van der Waals surface area contributed by atoms with Gasteiger partial charge in [-0.1, -0.05) is 18.2 Å². The van der Waals surface area contributed by atoms with Crippen molar-refractivity contribution >= 4 is 5.96 Å². The lowest BCUT2D eigenvalue weighted by atomic mass is 10.1. The molecule has 7 heteroatoms. The van der Waals surface area contributed by atoms with Gasteiger partial charge in [0, 0.05) is 32.5 Å². The number of rotatable bonds is 6. The lowest BCUT2D eigenvalue weighted by Gasteiger charge is -2.13. The van der Waals surface area contributed by atoms with Gasteiger partial charge in [0.1, 0.15) is 11.6 Å². The first-order valence-electron chi connectivity index (χ1n) is 8.61. The highest BCUT2D eigenvalue weighted by atomic mass is 19.1. The smallest absolute Gasteiger partial charge is 0.191 e. The molecule has 27 heavy (non-hydrogen) atoms. The molecule has 0 bridgehead atoms. The minimum atomic E-state index is -0.313. The van der Waals surface area contributed by atoms with Crippen LogP contribution in [0.4, 0.5) is 8.78 Å². The number of hydrogen-bond donors (Lipinski definition) is 2. The largest absolute Gasteiger partial charge is 0.356 e. The minimum absolute atomic E-state index is 0.240. The highest BCUT2D eigenvalue weighted by Gasteiger charge is 2.06. The van der Waals surface area contributed by atoms with E-state index in [0.29, 0.717) is 24.7 Å². The normalized spacial score (nSPS) is 11.4. The SMILES string of the molecule is CN=C(NCCc1ccc(F)cc1)NCc1ccc(-n2ccnc2)c(F)c1. The molecule has 0 spiro atoms. The van der Waals surface area contributed by atoms with Gasteiger partial charge < -0.3 is 15.2 Å². The number of guanidine groups is 1. The van der Waals surface area contributed by atoms with Crippen LogP contribution in [0.3, 0.4) is 0 Å². The van der Waals surface area contributed by atoms with E-state index >= 15 is 0 Å². The van der Waals surface area contributed by atoms with E-state index in [1.165, 1.54) is 18.2 Å². The number of hydrogen-bond acceptors (Lipinski definition) is 2. The van der Waals surface area contributed by atoms with Crippen molar-refractivity contribution in [3.8, 4) is 5.69 Å². The van der Waals surface area contributed by atoms with Crippen molar-refractivity contribution in [2.45, 2.75) is 13.0 Å². The van der Waals surface area contributed by atoms with E-state index in [1.807, 2.05) is 6.07 Å². The van der Waals surface area contributed by atoms with Crippen molar-refractivity contribution in [2.75, 3.05) is 13.6 Å². The summed E-state index contributed by atoms with van der Waals surface area (Å²) in [5.41, 5.74) is 2.30. The van der Waals surface area contributed by atoms with Gasteiger partial charge in [0.15, 0.2) is 5.96 Å². The van der Waals surface area contributed by atoms with Gasteiger partial charge in [-0.2, -0.15) is 0 Å². The van der Waals surface area contributed by atoms with E-state index in [1.54, 1.807) is 48.5 Å². The zero-order valence-corrected chi connectivity index (χ0v) is 15.0. The first-order chi connectivity index (χ1) is 13.2. The van der Waals surface area contributed by atoms with Crippen LogP contribution in [0.5, 0.6) is 0 Å². The van der Waals surface area contributed by atoms with E-state index in [9.17, 15) is 8.78 Å². The van der Waals surface area contributed by atoms with Gasteiger partial charge >= 0.3 is 0 Å². The first-order valence-corrected chi connectivity index (χ1v) is 8.61. The van der Waals surface area contributed by atoms with E-state index in [0.717, 1.165) is 17.5 Å². The standard InChI is InChI=1S/C20H21F2N5/c1-23-20(25-9-8-15-2-5-17(21)6-3-15)26-13-16-4-7-19(18(22)12-16)27-11-10-24-14-27/h2-7,10-12,14H,8-9,13H2,1H3,(H2,23,25,26). The Balaban J connectivity index is 1.50. The Kier molecular flexibility index (Phi) is 6.14. The van der Waals surface area contributed by atoms with E-state index < -0.39 is 0 Å². The van der Waals surface area contributed by atoms with Crippen molar-refractivity contribution in [3.05, 3.63) is 83.9 Å². The van der Waals surface area contributed by atoms with E-state index in [4.69, 9.17) is 0 Å². The Morgan fingerprint density at radius 1 is 1.07 bits per heavy atom. The zero-order valence-electron chi connectivity index (χ0n) is 15.0. The van der Waals surface area contributed by atoms with Gasteiger partial charge in [-0.3, -0.25) is 4.99 Å². The lowest BCUT2D eigenvalue weighted by Crippen LogP contribution is -2.37. The quantitative estimate of drug-likeness (QED) is 0.519. The molecule has 0 saturated heterocycles. The molecule has 0 amide bonds. The van der Waals surface area contributed by atoms with Crippen molar-refractivity contribution in [1.82, 2.24) is 20.2 Å². The first kappa shape index (κ1) is 18.6. The lowest BCUT2D eigenvalue weighted by molar-refractivity contribution is 0.615. The third kappa shape index (κ3) is 5.13. The molecule has 1 heterocycles. The molecule has 3 aromatic rings. The van der Waals surface area contributed by atoms with Gasteiger partial charge in [0.25, 0.3) is 0 Å². The number of nitrogens with one attached hydrogen (secondary N) is 2. The Morgan fingerprint density at radius 2 is 1.85 bits per heavy atom. The predicted octanol–water partition coefficient (Wildman–Crippen LogP) is 3.06. The van der Waals surface area contributed by atoms with Crippen molar-refractivity contribution < 1.29 is 8.78 Å². The molecule has 0 fully saturated rings. The van der Waals surface area contributed by atoms with Crippen LogP contribution in [-0.4, -0.2) is 29.1 Å². The van der Waals surface area contributed by atoms with E-state index in [-0.39, 0.29) is 11.6 Å². The summed E-state index contributed by atoms with van der Waals surface area (Å²) in [7, 11) is 1.68. The van der Waals surface area contributed by atoms with Gasteiger partial charge in [-0.25, -0.2) is 13.8 Å². The van der Waals surface area contributed by atoms with Gasteiger partial charge in [0.2, 0.25) is 0 Å². The summed E-state index contributed by atoms with van der Waals surface area (Å²) in [5, 5.41) is 6.35. The van der Waals surface area contributed by atoms with E-state index in [2.05, 4.69) is 20.6 Å². The monoisotopic (exact) mass is 369 g/mol. The number of halogens is 2. The maximum absolute atomic E-state index is 14.3. The Bertz CT molecular complexity index is 889. The number of benzene rings is 2. The molecule has 3 rings (SSSR count). The third-order valence-electron chi connectivity index (χ3n) is 4.10. The van der Waals surface area contributed by atoms with Crippen molar-refractivity contribution in [1.29, 1.82) is 0 Å². The van der Waals surface area contributed by atoms with Crippen LogP contribution in [0.25, 0.3) is 5.69 Å². The Hall–Kier alpha value is -3.22. The summed E-state index contributed by atoms with van der Waals surface area (Å²) in [6.45, 7) is 1.09. The fraction of sp³-hybridized carbons (Fsp3) is 0.200. The molecule has 0 aliphatic rings. The van der Waals surface area contributed by atoms with Crippen LogP contribution < -0.4 is 10.6 Å². The second kappa shape index (κ2) is 8.93. The number of aliphatic imine (C=N–C) groups is 1. The second-order valence-corrected chi connectivity index (χ2v) is 5.98. The average Bonchev–Trinajstić information content (AvgIpc) is 3.20. The molecule has 140 valence electrons. The molecular formula is C20H21F2N5. The maximum Gasteiger partial charge on any atom is 0.191 e. The van der Waals surface area contributed by atoms with Gasteiger partial charge in [0.05, 0.1) is 12.0 Å². The molecule has 0 atom stereocenters. The van der Waals surface area contributed by atoms with Crippen LogP contribution in [0.1, 0.15) is 11.1 Å². The summed E-state index contributed by atoms with van der Waals surface area (Å²) in [6, 6.07) is 11.5. The van der Waals surface area contributed by atoms with Crippen LogP contribution >= 0.6 is 0 Å². The molecule has 1 aromatic heterocycles. The molecule has 0 unspecified atom stereocenters. The molecule has 5 nitrogen and oxygen atoms in total. The predicted molar refractivity (Wildman–Crippen MR) is 102 cm³/mol. The fourth-order valence-corrected chi connectivity index (χ4v) is 2.65. The van der Waals surface area contributed by atoms with Crippen molar-refractivity contribution in [3.63, 3.8) is 0 Å².